The first kappa shape index (κ1) is 21.1. The van der Waals surface area contributed by atoms with E-state index in [4.69, 9.17) is 11.6 Å². The summed E-state index contributed by atoms with van der Waals surface area (Å²) in [5, 5.41) is 3.97. The summed E-state index contributed by atoms with van der Waals surface area (Å²) in [5.41, 5.74) is -3.51. The maximum absolute atomic E-state index is 13.8. The summed E-state index contributed by atoms with van der Waals surface area (Å²) in [6, 6.07) is 5.37. The molecule has 0 aliphatic heterocycles. The first-order chi connectivity index (χ1) is 11.5. The van der Waals surface area contributed by atoms with Gasteiger partial charge in [-0.1, -0.05) is 31.5 Å². The zero-order chi connectivity index (χ0) is 19.3. The van der Waals surface area contributed by atoms with Crippen LogP contribution in [-0.2, 0) is 14.3 Å². The summed E-state index contributed by atoms with van der Waals surface area (Å²) in [7, 11) is 0. The number of carbonyl (C=O) groups is 2. The Kier molecular flexibility index (Phi) is 7.10. The van der Waals surface area contributed by atoms with E-state index in [0.29, 0.717) is 0 Å². The van der Waals surface area contributed by atoms with Crippen LogP contribution in [0.2, 0.25) is 5.02 Å². The Balaban J connectivity index is 3.33. The van der Waals surface area contributed by atoms with E-state index in [-0.39, 0.29) is 29.7 Å². The third-order valence-electron chi connectivity index (χ3n) is 3.08. The summed E-state index contributed by atoms with van der Waals surface area (Å²) in [6.07, 6.45) is -5.34. The summed E-state index contributed by atoms with van der Waals surface area (Å²) in [5.74, 6) is -2.78. The van der Waals surface area contributed by atoms with Crippen molar-refractivity contribution in [2.75, 3.05) is 11.9 Å². The number of alkyl halides is 3. The normalized spacial score (nSPS) is 13.9. The van der Waals surface area contributed by atoms with Gasteiger partial charge >= 0.3 is 17.8 Å². The lowest BCUT2D eigenvalue weighted by molar-refractivity contribution is -0.208. The lowest BCUT2D eigenvalue weighted by Crippen LogP contribution is -2.69. The van der Waals surface area contributed by atoms with Gasteiger partial charge in [-0.3, -0.25) is 4.79 Å². The molecule has 1 amide bonds. The molecule has 0 aliphatic carbocycles. The van der Waals surface area contributed by atoms with Crippen molar-refractivity contribution in [1.82, 2.24) is 5.32 Å². The standard InChI is InChI=1S/C16H20ClF3N2O3/c1-4-25-14(24)15(16(18,19)20,22-13(23)8-10(2)3)21-12-7-5-6-11(17)9-12/h5-7,9-10,21H,4,8H2,1-3H3,(H,22,23)/t15-/m0/s1. The molecule has 9 heteroatoms. The number of amides is 1. The minimum atomic E-state index is -5.16. The van der Waals surface area contributed by atoms with Gasteiger partial charge in [0.15, 0.2) is 0 Å². The number of hydrogen-bond donors (Lipinski definition) is 2. The molecule has 0 saturated carbocycles. The lowest BCUT2D eigenvalue weighted by Gasteiger charge is -2.35. The van der Waals surface area contributed by atoms with E-state index in [1.807, 2.05) is 5.32 Å². The van der Waals surface area contributed by atoms with Gasteiger partial charge in [0, 0.05) is 17.1 Å². The van der Waals surface area contributed by atoms with Crippen molar-refractivity contribution in [2.24, 2.45) is 5.92 Å². The van der Waals surface area contributed by atoms with Crippen LogP contribution in [0.1, 0.15) is 27.2 Å². The fourth-order valence-corrected chi connectivity index (χ4v) is 2.23. The molecule has 1 atom stereocenters. The zero-order valence-electron chi connectivity index (χ0n) is 14.0. The highest BCUT2D eigenvalue weighted by atomic mass is 35.5. The number of nitrogens with one attached hydrogen (secondary N) is 2. The highest BCUT2D eigenvalue weighted by Gasteiger charge is 2.63. The van der Waals surface area contributed by atoms with Crippen molar-refractivity contribution >= 4 is 29.2 Å². The Bertz CT molecular complexity index is 623. The number of carbonyl (C=O) groups excluding carboxylic acids is 2. The van der Waals surface area contributed by atoms with Crippen LogP contribution in [0, 0.1) is 5.92 Å². The zero-order valence-corrected chi connectivity index (χ0v) is 14.8. The smallest absolute Gasteiger partial charge is 0.441 e. The second-order valence-corrected chi connectivity index (χ2v) is 6.19. The van der Waals surface area contributed by atoms with Crippen molar-refractivity contribution in [3.63, 3.8) is 0 Å². The average molecular weight is 381 g/mol. The number of hydrogen-bond acceptors (Lipinski definition) is 4. The van der Waals surface area contributed by atoms with Crippen LogP contribution in [0.5, 0.6) is 0 Å². The SMILES string of the molecule is CCOC(=O)[C@@](NC(=O)CC(C)C)(Nc1cccc(Cl)c1)C(F)(F)F. The minimum absolute atomic E-state index is 0.0947. The summed E-state index contributed by atoms with van der Waals surface area (Å²) in [6.45, 7) is 4.43. The molecule has 0 unspecified atom stereocenters. The van der Waals surface area contributed by atoms with Gasteiger partial charge in [0.2, 0.25) is 5.91 Å². The Hall–Kier alpha value is -1.96. The lowest BCUT2D eigenvalue weighted by atomic mass is 10.1. The van der Waals surface area contributed by atoms with E-state index < -0.39 is 23.7 Å². The van der Waals surface area contributed by atoms with Gasteiger partial charge in [0.1, 0.15) is 0 Å². The molecule has 140 valence electrons. The average Bonchev–Trinajstić information content (AvgIpc) is 2.44. The molecule has 0 bridgehead atoms. The van der Waals surface area contributed by atoms with Crippen molar-refractivity contribution in [3.05, 3.63) is 29.3 Å². The third kappa shape index (κ3) is 5.52. The molecule has 1 aromatic carbocycles. The van der Waals surface area contributed by atoms with Crippen molar-refractivity contribution in [3.8, 4) is 0 Å². The van der Waals surface area contributed by atoms with Crippen molar-refractivity contribution in [2.45, 2.75) is 39.0 Å². The topological polar surface area (TPSA) is 67.4 Å². The fraction of sp³-hybridized carbons (Fsp3) is 0.500. The summed E-state index contributed by atoms with van der Waals surface area (Å²) in [4.78, 5) is 24.2. The van der Waals surface area contributed by atoms with Gasteiger partial charge in [0.25, 0.3) is 0 Å². The molecule has 2 N–H and O–H groups in total. The van der Waals surface area contributed by atoms with E-state index in [0.717, 1.165) is 0 Å². The summed E-state index contributed by atoms with van der Waals surface area (Å²) < 4.78 is 46.0. The molecule has 0 heterocycles. The Morgan fingerprint density at radius 3 is 2.40 bits per heavy atom. The second-order valence-electron chi connectivity index (χ2n) is 5.75. The highest BCUT2D eigenvalue weighted by molar-refractivity contribution is 6.30. The molecule has 0 saturated heterocycles. The van der Waals surface area contributed by atoms with Crippen LogP contribution in [-0.4, -0.2) is 30.3 Å². The van der Waals surface area contributed by atoms with Crippen LogP contribution >= 0.6 is 11.6 Å². The predicted octanol–water partition coefficient (Wildman–Crippen LogP) is 3.74. The second kappa shape index (κ2) is 8.42. The van der Waals surface area contributed by atoms with Crippen LogP contribution in [0.25, 0.3) is 0 Å². The van der Waals surface area contributed by atoms with Gasteiger partial charge in [0.05, 0.1) is 6.61 Å². The molecule has 1 rings (SSSR count). The van der Waals surface area contributed by atoms with Crippen LogP contribution in [0.4, 0.5) is 18.9 Å². The molecular weight excluding hydrogens is 361 g/mol. The number of halogens is 4. The number of anilines is 1. The number of rotatable bonds is 7. The third-order valence-corrected chi connectivity index (χ3v) is 3.32. The van der Waals surface area contributed by atoms with E-state index in [1.165, 1.54) is 31.2 Å². The molecule has 0 spiro atoms. The molecule has 0 radical (unpaired) electrons. The molecule has 0 fully saturated rings. The van der Waals surface area contributed by atoms with Gasteiger partial charge in [-0.25, -0.2) is 4.79 Å². The van der Waals surface area contributed by atoms with E-state index >= 15 is 0 Å². The Labute approximate surface area is 148 Å². The van der Waals surface area contributed by atoms with E-state index in [9.17, 15) is 22.8 Å². The van der Waals surface area contributed by atoms with Crippen LogP contribution < -0.4 is 10.6 Å². The highest BCUT2D eigenvalue weighted by Crippen LogP contribution is 2.34. The van der Waals surface area contributed by atoms with Crippen LogP contribution in [0.15, 0.2) is 24.3 Å². The Morgan fingerprint density at radius 2 is 1.92 bits per heavy atom. The van der Waals surface area contributed by atoms with Crippen LogP contribution in [0.3, 0.4) is 0 Å². The van der Waals surface area contributed by atoms with Gasteiger partial charge in [-0.15, -0.1) is 0 Å². The number of ether oxygens (including phenoxy) is 1. The molecule has 0 aromatic heterocycles. The molecular formula is C16H20ClF3N2O3. The van der Waals surface area contributed by atoms with Crippen molar-refractivity contribution < 1.29 is 27.5 Å². The first-order valence-corrected chi connectivity index (χ1v) is 7.98. The molecule has 25 heavy (non-hydrogen) atoms. The molecule has 0 aliphatic rings. The molecule has 1 aromatic rings. The summed E-state index contributed by atoms with van der Waals surface area (Å²) >= 11 is 5.78. The first-order valence-electron chi connectivity index (χ1n) is 7.60. The number of benzene rings is 1. The maximum atomic E-state index is 13.8. The van der Waals surface area contributed by atoms with Gasteiger partial charge in [-0.05, 0) is 31.0 Å². The van der Waals surface area contributed by atoms with Crippen molar-refractivity contribution in [1.29, 1.82) is 0 Å². The fourth-order valence-electron chi connectivity index (χ4n) is 2.04. The predicted molar refractivity (Wildman–Crippen MR) is 88.1 cm³/mol. The van der Waals surface area contributed by atoms with Gasteiger partial charge < -0.3 is 15.4 Å². The minimum Gasteiger partial charge on any atom is -0.463 e. The maximum Gasteiger partial charge on any atom is 0.441 e. The quantitative estimate of drug-likeness (QED) is 0.558. The monoisotopic (exact) mass is 380 g/mol. The largest absolute Gasteiger partial charge is 0.463 e. The van der Waals surface area contributed by atoms with E-state index in [2.05, 4.69) is 4.74 Å². The Morgan fingerprint density at radius 1 is 1.28 bits per heavy atom. The van der Waals surface area contributed by atoms with Gasteiger partial charge in [-0.2, -0.15) is 13.2 Å². The van der Waals surface area contributed by atoms with E-state index in [1.54, 1.807) is 19.2 Å². The number of esters is 1. The molecule has 5 nitrogen and oxygen atoms in total.